The molecule has 0 amide bonds. The number of aliphatic carboxylic acids is 1. The Labute approximate surface area is 100 Å². The normalized spacial score (nSPS) is 12.6. The number of carboxylic acid groups (broad SMARTS) is 1. The van der Waals surface area contributed by atoms with Gasteiger partial charge in [0.2, 0.25) is 0 Å². The maximum Gasteiger partial charge on any atom is 0.417 e. The van der Waals surface area contributed by atoms with Crippen LogP contribution in [0.25, 0.3) is 5.57 Å². The number of alkyl halides is 3. The van der Waals surface area contributed by atoms with E-state index in [0.29, 0.717) is 5.56 Å². The standard InChI is InChI=1S/C11H8ClF3O2/c1-6-2-3-7(12)4-8(6)9(5-10(16)17)11(13,14)15/h2-5H,1H3,(H,16,17)/b9-5+. The van der Waals surface area contributed by atoms with E-state index in [0.717, 1.165) is 6.07 Å². The number of allylic oxidation sites excluding steroid dienone is 1. The number of rotatable bonds is 2. The van der Waals surface area contributed by atoms with Crippen molar-refractivity contribution in [3.63, 3.8) is 0 Å². The zero-order valence-electron chi connectivity index (χ0n) is 8.68. The SMILES string of the molecule is Cc1ccc(Cl)cc1/C(=C\C(=O)O)C(F)(F)F. The smallest absolute Gasteiger partial charge is 0.417 e. The van der Waals surface area contributed by atoms with E-state index in [1.165, 1.54) is 19.1 Å². The van der Waals surface area contributed by atoms with Gasteiger partial charge in [0.1, 0.15) is 0 Å². The Morgan fingerprint density at radius 3 is 2.47 bits per heavy atom. The summed E-state index contributed by atoms with van der Waals surface area (Å²) in [6, 6.07) is 3.94. The highest BCUT2D eigenvalue weighted by Crippen LogP contribution is 2.36. The average Bonchev–Trinajstić information content (AvgIpc) is 2.16. The molecule has 2 nitrogen and oxygen atoms in total. The van der Waals surface area contributed by atoms with Gasteiger partial charge in [-0.25, -0.2) is 4.79 Å². The lowest BCUT2D eigenvalue weighted by molar-refractivity contribution is -0.131. The molecule has 0 aliphatic rings. The third kappa shape index (κ3) is 3.49. The van der Waals surface area contributed by atoms with Crippen LogP contribution in [0.15, 0.2) is 24.3 Å². The first-order valence-electron chi connectivity index (χ1n) is 4.50. The van der Waals surface area contributed by atoms with Crippen LogP contribution < -0.4 is 0 Å². The van der Waals surface area contributed by atoms with Gasteiger partial charge in [0.25, 0.3) is 0 Å². The summed E-state index contributed by atoms with van der Waals surface area (Å²) in [7, 11) is 0. The van der Waals surface area contributed by atoms with Gasteiger partial charge in [-0.15, -0.1) is 0 Å². The van der Waals surface area contributed by atoms with Crippen molar-refractivity contribution in [1.29, 1.82) is 0 Å². The van der Waals surface area contributed by atoms with Crippen LogP contribution in [0.5, 0.6) is 0 Å². The van der Waals surface area contributed by atoms with E-state index in [1.807, 2.05) is 0 Å². The van der Waals surface area contributed by atoms with Gasteiger partial charge in [-0.05, 0) is 30.2 Å². The summed E-state index contributed by atoms with van der Waals surface area (Å²) >= 11 is 5.61. The second-order valence-corrected chi connectivity index (χ2v) is 3.79. The molecule has 0 radical (unpaired) electrons. The van der Waals surface area contributed by atoms with Crippen molar-refractivity contribution in [2.24, 2.45) is 0 Å². The molecule has 0 aliphatic heterocycles. The summed E-state index contributed by atoms with van der Waals surface area (Å²) in [6.45, 7) is 1.45. The molecule has 6 heteroatoms. The molecule has 0 heterocycles. The molecule has 1 rings (SSSR count). The molecule has 0 saturated heterocycles. The van der Waals surface area contributed by atoms with E-state index in [1.54, 1.807) is 0 Å². The molecule has 0 unspecified atom stereocenters. The summed E-state index contributed by atoms with van der Waals surface area (Å²) in [5.41, 5.74) is -1.14. The topological polar surface area (TPSA) is 37.3 Å². The zero-order chi connectivity index (χ0) is 13.2. The van der Waals surface area contributed by atoms with Gasteiger partial charge in [0.05, 0.1) is 5.57 Å². The monoisotopic (exact) mass is 264 g/mol. The van der Waals surface area contributed by atoms with Gasteiger partial charge in [-0.2, -0.15) is 13.2 Å². The van der Waals surface area contributed by atoms with Crippen LogP contribution in [0.2, 0.25) is 5.02 Å². The molecule has 0 aromatic heterocycles. The molecular weight excluding hydrogens is 257 g/mol. The van der Waals surface area contributed by atoms with Crippen molar-refractivity contribution in [3.05, 3.63) is 40.4 Å². The maximum absolute atomic E-state index is 12.7. The van der Waals surface area contributed by atoms with Gasteiger partial charge < -0.3 is 5.11 Å². The molecule has 0 spiro atoms. The number of benzene rings is 1. The highest BCUT2D eigenvalue weighted by atomic mass is 35.5. The molecule has 17 heavy (non-hydrogen) atoms. The summed E-state index contributed by atoms with van der Waals surface area (Å²) in [4.78, 5) is 10.4. The lowest BCUT2D eigenvalue weighted by atomic mass is 10.00. The van der Waals surface area contributed by atoms with Crippen LogP contribution in [-0.4, -0.2) is 17.3 Å². The van der Waals surface area contributed by atoms with Crippen molar-refractivity contribution in [2.75, 3.05) is 0 Å². The van der Waals surface area contributed by atoms with E-state index in [2.05, 4.69) is 0 Å². The molecular formula is C11H8ClF3O2. The van der Waals surface area contributed by atoms with Gasteiger partial charge in [0, 0.05) is 11.1 Å². The van der Waals surface area contributed by atoms with Crippen molar-refractivity contribution >= 4 is 23.1 Å². The first-order valence-corrected chi connectivity index (χ1v) is 4.88. The van der Waals surface area contributed by atoms with Crippen LogP contribution in [0, 0.1) is 6.92 Å². The fraction of sp³-hybridized carbons (Fsp3) is 0.182. The summed E-state index contributed by atoms with van der Waals surface area (Å²) in [5.74, 6) is -1.66. The fourth-order valence-corrected chi connectivity index (χ4v) is 1.49. The van der Waals surface area contributed by atoms with E-state index in [9.17, 15) is 18.0 Å². The number of aryl methyl sites for hydroxylation is 1. The molecule has 0 atom stereocenters. The quantitative estimate of drug-likeness (QED) is 0.828. The third-order valence-corrected chi connectivity index (χ3v) is 2.30. The van der Waals surface area contributed by atoms with Gasteiger partial charge >= 0.3 is 12.1 Å². The number of hydrogen-bond donors (Lipinski definition) is 1. The van der Waals surface area contributed by atoms with Crippen molar-refractivity contribution in [1.82, 2.24) is 0 Å². The Morgan fingerprint density at radius 2 is 2.00 bits per heavy atom. The number of halogens is 4. The lowest BCUT2D eigenvalue weighted by Gasteiger charge is -2.13. The molecule has 1 aromatic carbocycles. The number of carbonyl (C=O) groups is 1. The summed E-state index contributed by atoms with van der Waals surface area (Å²) in [5, 5.41) is 8.58. The summed E-state index contributed by atoms with van der Waals surface area (Å²) < 4.78 is 38.1. The van der Waals surface area contributed by atoms with Crippen molar-refractivity contribution < 1.29 is 23.1 Å². The second kappa shape index (κ2) is 4.79. The van der Waals surface area contributed by atoms with Crippen molar-refractivity contribution in [3.8, 4) is 0 Å². The lowest BCUT2D eigenvalue weighted by Crippen LogP contribution is -2.13. The minimum Gasteiger partial charge on any atom is -0.478 e. The average molecular weight is 265 g/mol. The van der Waals surface area contributed by atoms with Gasteiger partial charge in [-0.1, -0.05) is 17.7 Å². The van der Waals surface area contributed by atoms with E-state index < -0.39 is 17.7 Å². The Morgan fingerprint density at radius 1 is 1.41 bits per heavy atom. The van der Waals surface area contributed by atoms with E-state index in [-0.39, 0.29) is 16.7 Å². The first-order chi connectivity index (χ1) is 7.71. The Bertz CT molecular complexity index is 478. The molecule has 0 saturated carbocycles. The minimum absolute atomic E-state index is 0.117. The molecule has 0 aliphatic carbocycles. The number of hydrogen-bond acceptors (Lipinski definition) is 1. The Hall–Kier alpha value is -1.49. The predicted octanol–water partition coefficient (Wildman–Crippen LogP) is 3.68. The van der Waals surface area contributed by atoms with Crippen LogP contribution >= 0.6 is 11.6 Å². The van der Waals surface area contributed by atoms with Crippen LogP contribution in [0.3, 0.4) is 0 Å². The molecule has 92 valence electrons. The van der Waals surface area contributed by atoms with Crippen LogP contribution in [0.4, 0.5) is 13.2 Å². The zero-order valence-corrected chi connectivity index (χ0v) is 9.43. The fourth-order valence-electron chi connectivity index (χ4n) is 1.32. The molecule has 1 aromatic rings. The maximum atomic E-state index is 12.7. The third-order valence-electron chi connectivity index (χ3n) is 2.06. The molecule has 0 fully saturated rings. The van der Waals surface area contributed by atoms with Crippen LogP contribution in [0.1, 0.15) is 11.1 Å². The summed E-state index contributed by atoms with van der Waals surface area (Å²) in [6.07, 6.45) is -4.60. The second-order valence-electron chi connectivity index (χ2n) is 3.35. The number of carboxylic acids is 1. The van der Waals surface area contributed by atoms with Gasteiger partial charge in [0.15, 0.2) is 0 Å². The highest BCUT2D eigenvalue weighted by molar-refractivity contribution is 6.30. The molecule has 0 bridgehead atoms. The predicted molar refractivity (Wildman–Crippen MR) is 57.9 cm³/mol. The largest absolute Gasteiger partial charge is 0.478 e. The Balaban J connectivity index is 3.43. The van der Waals surface area contributed by atoms with E-state index in [4.69, 9.17) is 16.7 Å². The highest BCUT2D eigenvalue weighted by Gasteiger charge is 2.36. The molecule has 1 N–H and O–H groups in total. The first kappa shape index (κ1) is 13.6. The Kier molecular flexibility index (Phi) is 3.83. The minimum atomic E-state index is -4.74. The van der Waals surface area contributed by atoms with Gasteiger partial charge in [-0.3, -0.25) is 0 Å². The van der Waals surface area contributed by atoms with E-state index >= 15 is 0 Å². The van der Waals surface area contributed by atoms with Crippen molar-refractivity contribution in [2.45, 2.75) is 13.1 Å². The van der Waals surface area contributed by atoms with Crippen LogP contribution in [-0.2, 0) is 4.79 Å².